The Hall–Kier alpha value is 0.110. The van der Waals surface area contributed by atoms with Crippen LogP contribution in [0.4, 0.5) is 0 Å². The van der Waals surface area contributed by atoms with E-state index >= 15 is 0 Å². The van der Waals surface area contributed by atoms with Crippen LogP contribution in [0.3, 0.4) is 0 Å². The molecule has 0 aromatic heterocycles. The molecule has 0 aliphatic rings. The van der Waals surface area contributed by atoms with E-state index in [1.54, 1.807) is 0 Å². The number of nitrogens with one attached hydrogen (secondary N) is 1. The summed E-state index contributed by atoms with van der Waals surface area (Å²) in [5.74, 6) is 0. The van der Waals surface area contributed by atoms with Gasteiger partial charge >= 0.3 is 0 Å². The minimum atomic E-state index is -0.679. The summed E-state index contributed by atoms with van der Waals surface area (Å²) in [6.45, 7) is 7.63. The molecule has 19 heavy (non-hydrogen) atoms. The van der Waals surface area contributed by atoms with Crippen LogP contribution in [0.1, 0.15) is 78.6 Å². The predicted molar refractivity (Wildman–Crippen MR) is 88.2 cm³/mol. The van der Waals surface area contributed by atoms with E-state index in [2.05, 4.69) is 26.1 Å². The van der Waals surface area contributed by atoms with Gasteiger partial charge < -0.3 is 5.32 Å². The maximum Gasteiger partial charge on any atom is 0.0329 e. The van der Waals surface area contributed by atoms with E-state index in [-0.39, 0.29) is 0 Å². The lowest BCUT2D eigenvalue weighted by Crippen LogP contribution is -2.32. The van der Waals surface area contributed by atoms with Crippen LogP contribution in [-0.4, -0.2) is 28.3 Å². The van der Waals surface area contributed by atoms with Gasteiger partial charge in [0.15, 0.2) is 0 Å². The molecule has 1 N–H and O–H groups in total. The molecule has 0 bridgehead atoms. The molecule has 0 aromatic carbocycles. The van der Waals surface area contributed by atoms with Crippen molar-refractivity contribution in [2.45, 2.75) is 89.9 Å². The van der Waals surface area contributed by atoms with Gasteiger partial charge in [-0.3, -0.25) is 4.21 Å². The number of rotatable bonds is 13. The first kappa shape index (κ1) is 19.1. The number of hydrogen-bond donors (Lipinski definition) is 1. The van der Waals surface area contributed by atoms with Crippen LogP contribution in [0.2, 0.25) is 0 Å². The summed E-state index contributed by atoms with van der Waals surface area (Å²) in [7, 11) is -0.679. The Bertz CT molecular complexity index is 211. The minimum absolute atomic E-state index is 0.319. The lowest BCUT2D eigenvalue weighted by Gasteiger charge is -2.19. The van der Waals surface area contributed by atoms with Crippen molar-refractivity contribution in [1.82, 2.24) is 5.32 Å². The van der Waals surface area contributed by atoms with Gasteiger partial charge in [0.1, 0.15) is 0 Å². The Morgan fingerprint density at radius 3 is 1.89 bits per heavy atom. The molecule has 2 nitrogen and oxygen atoms in total. The zero-order chi connectivity index (χ0) is 14.5. The van der Waals surface area contributed by atoms with Crippen molar-refractivity contribution < 1.29 is 4.21 Å². The summed E-state index contributed by atoms with van der Waals surface area (Å²) in [6.07, 6.45) is 13.4. The van der Waals surface area contributed by atoms with E-state index in [0.717, 1.165) is 13.0 Å². The standard InChI is InChI=1S/C16H35NOS/c1-5-7-9-11-16(12-10-8-6-2)17-14-13-15(3)19(4)18/h15-17H,5-14H2,1-4H3. The van der Waals surface area contributed by atoms with Crippen LogP contribution in [-0.2, 0) is 10.8 Å². The highest BCUT2D eigenvalue weighted by molar-refractivity contribution is 7.84. The third-order valence-corrected chi connectivity index (χ3v) is 5.23. The maximum atomic E-state index is 11.3. The highest BCUT2D eigenvalue weighted by Crippen LogP contribution is 2.11. The normalized spacial score (nSPS) is 14.8. The van der Waals surface area contributed by atoms with E-state index in [1.807, 2.05) is 6.26 Å². The maximum absolute atomic E-state index is 11.3. The second kappa shape index (κ2) is 13.1. The molecule has 0 aliphatic carbocycles. The van der Waals surface area contributed by atoms with Gasteiger partial charge in [0.05, 0.1) is 0 Å². The molecular weight excluding hydrogens is 254 g/mol. The van der Waals surface area contributed by atoms with Gasteiger partial charge in [0.25, 0.3) is 0 Å². The van der Waals surface area contributed by atoms with Crippen LogP contribution in [0.15, 0.2) is 0 Å². The van der Waals surface area contributed by atoms with Crippen LogP contribution < -0.4 is 5.32 Å². The number of hydrogen-bond acceptors (Lipinski definition) is 2. The van der Waals surface area contributed by atoms with E-state index < -0.39 is 10.8 Å². The molecule has 116 valence electrons. The molecule has 0 saturated carbocycles. The monoisotopic (exact) mass is 289 g/mol. The molecule has 3 heteroatoms. The van der Waals surface area contributed by atoms with E-state index in [0.29, 0.717) is 11.3 Å². The summed E-state index contributed by atoms with van der Waals surface area (Å²) in [5.41, 5.74) is 0. The lowest BCUT2D eigenvalue weighted by molar-refractivity contribution is 0.416. The Morgan fingerprint density at radius 2 is 1.47 bits per heavy atom. The zero-order valence-corrected chi connectivity index (χ0v) is 14.4. The molecule has 0 saturated heterocycles. The van der Waals surface area contributed by atoms with Crippen molar-refractivity contribution in [2.75, 3.05) is 12.8 Å². The Kier molecular flexibility index (Phi) is 13.2. The molecule has 0 amide bonds. The molecule has 0 aliphatic heterocycles. The fourth-order valence-corrected chi connectivity index (χ4v) is 2.74. The van der Waals surface area contributed by atoms with Gasteiger partial charge in [0, 0.05) is 28.3 Å². The average molecular weight is 290 g/mol. The SMILES string of the molecule is CCCCCC(CCCCC)NCCC(C)S(C)=O. The van der Waals surface area contributed by atoms with E-state index in [1.165, 1.54) is 51.4 Å². The van der Waals surface area contributed by atoms with Crippen LogP contribution in [0, 0.1) is 0 Å². The van der Waals surface area contributed by atoms with Gasteiger partial charge in [-0.2, -0.15) is 0 Å². The Balaban J connectivity index is 3.85. The molecule has 0 aromatic rings. The fraction of sp³-hybridized carbons (Fsp3) is 1.00. The second-order valence-corrected chi connectivity index (χ2v) is 7.54. The van der Waals surface area contributed by atoms with Crippen molar-refractivity contribution in [1.29, 1.82) is 0 Å². The van der Waals surface area contributed by atoms with Crippen molar-refractivity contribution >= 4 is 10.8 Å². The molecule has 2 atom stereocenters. The average Bonchev–Trinajstić information content (AvgIpc) is 2.38. The molecule has 0 heterocycles. The zero-order valence-electron chi connectivity index (χ0n) is 13.5. The van der Waals surface area contributed by atoms with Gasteiger partial charge in [-0.1, -0.05) is 59.3 Å². The quantitative estimate of drug-likeness (QED) is 0.513. The van der Waals surface area contributed by atoms with Gasteiger partial charge in [-0.25, -0.2) is 0 Å². The third kappa shape index (κ3) is 11.6. The van der Waals surface area contributed by atoms with Gasteiger partial charge in [-0.15, -0.1) is 0 Å². The highest BCUT2D eigenvalue weighted by atomic mass is 32.2. The first-order valence-corrected chi connectivity index (χ1v) is 9.79. The first-order valence-electron chi connectivity index (χ1n) is 8.17. The van der Waals surface area contributed by atoms with E-state index in [4.69, 9.17) is 0 Å². The summed E-state index contributed by atoms with van der Waals surface area (Å²) in [4.78, 5) is 0. The molecule has 0 rings (SSSR count). The van der Waals surface area contributed by atoms with E-state index in [9.17, 15) is 4.21 Å². The Morgan fingerprint density at radius 1 is 0.947 bits per heavy atom. The minimum Gasteiger partial charge on any atom is -0.314 e. The predicted octanol–water partition coefficient (Wildman–Crippen LogP) is 4.26. The fourth-order valence-electron chi connectivity index (χ4n) is 2.29. The largest absolute Gasteiger partial charge is 0.314 e. The summed E-state index contributed by atoms with van der Waals surface area (Å²) >= 11 is 0. The third-order valence-electron chi connectivity index (χ3n) is 3.86. The van der Waals surface area contributed by atoms with Crippen LogP contribution in [0.25, 0.3) is 0 Å². The Labute approximate surface area is 123 Å². The van der Waals surface area contributed by atoms with Crippen molar-refractivity contribution in [3.8, 4) is 0 Å². The van der Waals surface area contributed by atoms with Crippen molar-refractivity contribution in [3.05, 3.63) is 0 Å². The van der Waals surface area contributed by atoms with Gasteiger partial charge in [0.2, 0.25) is 0 Å². The van der Waals surface area contributed by atoms with Crippen LogP contribution in [0.5, 0.6) is 0 Å². The molecular formula is C16H35NOS. The summed E-state index contributed by atoms with van der Waals surface area (Å²) in [6, 6.07) is 0.676. The van der Waals surface area contributed by atoms with Crippen LogP contribution >= 0.6 is 0 Å². The van der Waals surface area contributed by atoms with Gasteiger partial charge in [-0.05, 0) is 25.8 Å². The second-order valence-electron chi connectivity index (χ2n) is 5.74. The summed E-state index contributed by atoms with van der Waals surface area (Å²) < 4.78 is 11.3. The molecule has 0 radical (unpaired) electrons. The molecule has 0 spiro atoms. The molecule has 2 unspecified atom stereocenters. The highest BCUT2D eigenvalue weighted by Gasteiger charge is 2.10. The smallest absolute Gasteiger partial charge is 0.0329 e. The van der Waals surface area contributed by atoms with Crippen molar-refractivity contribution in [3.63, 3.8) is 0 Å². The topological polar surface area (TPSA) is 29.1 Å². The summed E-state index contributed by atoms with van der Waals surface area (Å²) in [5, 5.41) is 4.01. The molecule has 0 fully saturated rings. The number of unbranched alkanes of at least 4 members (excludes halogenated alkanes) is 4. The van der Waals surface area contributed by atoms with Crippen molar-refractivity contribution in [2.24, 2.45) is 0 Å². The lowest BCUT2D eigenvalue weighted by atomic mass is 10.0. The first-order chi connectivity index (χ1) is 9.11.